The lowest BCUT2D eigenvalue weighted by Crippen LogP contribution is -2.47. The number of nitrogens with zero attached hydrogens (tertiary/aromatic N) is 4. The maximum atomic E-state index is 12.6. The van der Waals surface area contributed by atoms with Crippen molar-refractivity contribution in [2.75, 3.05) is 26.7 Å². The van der Waals surface area contributed by atoms with Gasteiger partial charge in [0.25, 0.3) is 0 Å². The number of benzene rings is 1. The van der Waals surface area contributed by atoms with Crippen LogP contribution in [0.2, 0.25) is 0 Å². The predicted molar refractivity (Wildman–Crippen MR) is 111 cm³/mol. The Morgan fingerprint density at radius 3 is 2.43 bits per heavy atom. The van der Waals surface area contributed by atoms with Crippen molar-refractivity contribution in [2.45, 2.75) is 58.0 Å². The minimum Gasteiger partial charge on any atom is -0.343 e. The number of carbonyl (C=O) groups is 2. The summed E-state index contributed by atoms with van der Waals surface area (Å²) < 4.78 is 0. The summed E-state index contributed by atoms with van der Waals surface area (Å²) in [7, 11) is 1.88. The van der Waals surface area contributed by atoms with Gasteiger partial charge in [-0.05, 0) is 32.3 Å². The molecule has 1 fully saturated rings. The maximum absolute atomic E-state index is 12.6. The summed E-state index contributed by atoms with van der Waals surface area (Å²) in [6.45, 7) is 7.09. The van der Waals surface area contributed by atoms with Gasteiger partial charge in [-0.25, -0.2) is 5.01 Å². The SMILES string of the molecule is CC(C)N1CCC(N(C)C(=O)CCC(=O)N2CCC(c3ccccc3)=N2)CC1. The lowest BCUT2D eigenvalue weighted by atomic mass is 10.0. The van der Waals surface area contributed by atoms with E-state index in [0.717, 1.165) is 43.6 Å². The minimum absolute atomic E-state index is 0.0582. The summed E-state index contributed by atoms with van der Waals surface area (Å²) in [5.41, 5.74) is 2.00. The number of hydrogen-bond donors (Lipinski definition) is 0. The third-order valence-corrected chi connectivity index (χ3v) is 5.92. The van der Waals surface area contributed by atoms with Crippen LogP contribution >= 0.6 is 0 Å². The maximum Gasteiger partial charge on any atom is 0.243 e. The lowest BCUT2D eigenvalue weighted by Gasteiger charge is -2.38. The number of carbonyl (C=O) groups excluding carboxylic acids is 2. The molecule has 0 atom stereocenters. The molecular formula is C22H32N4O2. The van der Waals surface area contributed by atoms with E-state index in [2.05, 4.69) is 23.8 Å². The number of hydrazone groups is 1. The van der Waals surface area contributed by atoms with Crippen molar-refractivity contribution >= 4 is 17.5 Å². The second kappa shape index (κ2) is 9.32. The van der Waals surface area contributed by atoms with E-state index < -0.39 is 0 Å². The van der Waals surface area contributed by atoms with Crippen LogP contribution in [0.1, 0.15) is 51.5 Å². The van der Waals surface area contributed by atoms with Crippen LogP contribution in [-0.4, -0.2) is 71.1 Å². The quantitative estimate of drug-likeness (QED) is 0.758. The largest absolute Gasteiger partial charge is 0.343 e. The van der Waals surface area contributed by atoms with Gasteiger partial charge in [-0.2, -0.15) is 5.10 Å². The van der Waals surface area contributed by atoms with Crippen molar-refractivity contribution < 1.29 is 9.59 Å². The Balaban J connectivity index is 1.45. The molecule has 6 nitrogen and oxygen atoms in total. The third-order valence-electron chi connectivity index (χ3n) is 5.92. The van der Waals surface area contributed by atoms with Crippen LogP contribution in [0.4, 0.5) is 0 Å². The van der Waals surface area contributed by atoms with Gasteiger partial charge in [0, 0.05) is 51.5 Å². The van der Waals surface area contributed by atoms with Crippen molar-refractivity contribution in [3.8, 4) is 0 Å². The van der Waals surface area contributed by atoms with E-state index in [9.17, 15) is 9.59 Å². The normalized spacial score (nSPS) is 18.4. The van der Waals surface area contributed by atoms with E-state index in [-0.39, 0.29) is 30.7 Å². The second-order valence-corrected chi connectivity index (χ2v) is 8.05. The van der Waals surface area contributed by atoms with Crippen LogP contribution in [-0.2, 0) is 9.59 Å². The van der Waals surface area contributed by atoms with Crippen molar-refractivity contribution in [2.24, 2.45) is 5.10 Å². The molecule has 6 heteroatoms. The van der Waals surface area contributed by atoms with Crippen LogP contribution < -0.4 is 0 Å². The van der Waals surface area contributed by atoms with Gasteiger partial charge in [-0.15, -0.1) is 0 Å². The molecule has 0 saturated carbocycles. The van der Waals surface area contributed by atoms with Crippen LogP contribution in [0.5, 0.6) is 0 Å². The van der Waals surface area contributed by atoms with Gasteiger partial charge in [-0.3, -0.25) is 9.59 Å². The highest BCUT2D eigenvalue weighted by Crippen LogP contribution is 2.19. The van der Waals surface area contributed by atoms with Gasteiger partial charge >= 0.3 is 0 Å². The van der Waals surface area contributed by atoms with E-state index in [1.165, 1.54) is 5.01 Å². The first kappa shape index (κ1) is 20.5. The number of piperidine rings is 1. The van der Waals surface area contributed by atoms with E-state index in [4.69, 9.17) is 0 Å². The van der Waals surface area contributed by atoms with Gasteiger partial charge in [0.1, 0.15) is 0 Å². The molecule has 2 aliphatic rings. The van der Waals surface area contributed by atoms with E-state index >= 15 is 0 Å². The van der Waals surface area contributed by atoms with Crippen molar-refractivity contribution in [1.29, 1.82) is 0 Å². The van der Waals surface area contributed by atoms with Crippen LogP contribution in [0.15, 0.2) is 35.4 Å². The summed E-state index contributed by atoms with van der Waals surface area (Å²) in [5.74, 6) is -0.00915. The number of hydrogen-bond acceptors (Lipinski definition) is 4. The molecule has 2 heterocycles. The summed E-state index contributed by atoms with van der Waals surface area (Å²) >= 11 is 0. The van der Waals surface area contributed by atoms with E-state index in [0.29, 0.717) is 12.6 Å². The molecule has 0 unspecified atom stereocenters. The van der Waals surface area contributed by atoms with Crippen LogP contribution in [0.3, 0.4) is 0 Å². The topological polar surface area (TPSA) is 56.2 Å². The molecule has 1 aromatic rings. The monoisotopic (exact) mass is 384 g/mol. The number of amides is 2. The van der Waals surface area contributed by atoms with E-state index in [1.807, 2.05) is 42.3 Å². The zero-order valence-electron chi connectivity index (χ0n) is 17.3. The summed E-state index contributed by atoms with van der Waals surface area (Å²) in [6.07, 6.45) is 3.25. The molecule has 0 aromatic heterocycles. The van der Waals surface area contributed by atoms with Crippen molar-refractivity contribution in [3.63, 3.8) is 0 Å². The van der Waals surface area contributed by atoms with Gasteiger partial charge in [0.2, 0.25) is 11.8 Å². The van der Waals surface area contributed by atoms with Crippen LogP contribution in [0.25, 0.3) is 0 Å². The van der Waals surface area contributed by atoms with Gasteiger partial charge in [0.15, 0.2) is 0 Å². The summed E-state index contributed by atoms with van der Waals surface area (Å²) in [4.78, 5) is 29.4. The first-order valence-electron chi connectivity index (χ1n) is 10.4. The average Bonchev–Trinajstić information content (AvgIpc) is 3.22. The molecular weight excluding hydrogens is 352 g/mol. The first-order chi connectivity index (χ1) is 13.5. The Labute approximate surface area is 168 Å². The van der Waals surface area contributed by atoms with Gasteiger partial charge in [0.05, 0.1) is 12.3 Å². The van der Waals surface area contributed by atoms with Gasteiger partial charge < -0.3 is 9.80 Å². The molecule has 2 aliphatic heterocycles. The van der Waals surface area contributed by atoms with Crippen molar-refractivity contribution in [3.05, 3.63) is 35.9 Å². The third kappa shape index (κ3) is 4.98. The standard InChI is InChI=1S/C22H32N4O2/c1-17(2)25-14-11-19(12-15-25)24(3)21(27)9-10-22(28)26-16-13-20(23-26)18-7-5-4-6-8-18/h4-8,17,19H,9-16H2,1-3H3. The fourth-order valence-electron chi connectivity index (χ4n) is 3.98. The number of likely N-dealkylation sites (tertiary alicyclic amines) is 1. The number of rotatable bonds is 6. The fourth-order valence-corrected chi connectivity index (χ4v) is 3.98. The zero-order chi connectivity index (χ0) is 20.1. The molecule has 0 spiro atoms. The molecule has 0 N–H and O–H groups in total. The highest BCUT2D eigenvalue weighted by Gasteiger charge is 2.27. The van der Waals surface area contributed by atoms with Crippen molar-refractivity contribution in [1.82, 2.24) is 14.8 Å². The highest BCUT2D eigenvalue weighted by molar-refractivity contribution is 6.02. The molecule has 0 aliphatic carbocycles. The lowest BCUT2D eigenvalue weighted by molar-refractivity contribution is -0.137. The molecule has 3 rings (SSSR count). The Bertz CT molecular complexity index is 709. The second-order valence-electron chi connectivity index (χ2n) is 8.05. The molecule has 28 heavy (non-hydrogen) atoms. The van der Waals surface area contributed by atoms with E-state index in [1.54, 1.807) is 0 Å². The Hall–Kier alpha value is -2.21. The summed E-state index contributed by atoms with van der Waals surface area (Å²) in [6, 6.07) is 10.8. The van der Waals surface area contributed by atoms with Gasteiger partial charge in [-0.1, -0.05) is 30.3 Å². The fraction of sp³-hybridized carbons (Fsp3) is 0.591. The molecule has 152 valence electrons. The summed E-state index contributed by atoms with van der Waals surface area (Å²) in [5, 5.41) is 5.99. The Morgan fingerprint density at radius 1 is 1.11 bits per heavy atom. The zero-order valence-corrected chi connectivity index (χ0v) is 17.3. The smallest absolute Gasteiger partial charge is 0.243 e. The molecule has 0 radical (unpaired) electrons. The Kier molecular flexibility index (Phi) is 6.83. The molecule has 0 bridgehead atoms. The Morgan fingerprint density at radius 2 is 1.79 bits per heavy atom. The van der Waals surface area contributed by atoms with Crippen LogP contribution in [0, 0.1) is 0 Å². The minimum atomic E-state index is -0.0673. The predicted octanol–water partition coefficient (Wildman–Crippen LogP) is 2.73. The molecule has 1 aromatic carbocycles. The average molecular weight is 385 g/mol. The first-order valence-corrected chi connectivity index (χ1v) is 10.4. The molecule has 1 saturated heterocycles. The molecule has 2 amide bonds. The highest BCUT2D eigenvalue weighted by atomic mass is 16.2.